The van der Waals surface area contributed by atoms with E-state index < -0.39 is 16.1 Å². The monoisotopic (exact) mass is 611 g/mol. The van der Waals surface area contributed by atoms with Gasteiger partial charge in [0, 0.05) is 37.5 Å². The van der Waals surface area contributed by atoms with Gasteiger partial charge in [0.15, 0.2) is 0 Å². The van der Waals surface area contributed by atoms with Crippen molar-refractivity contribution in [2.75, 3.05) is 23.7 Å². The second kappa shape index (κ2) is 15.8. The summed E-state index contributed by atoms with van der Waals surface area (Å²) >= 11 is 6.11. The van der Waals surface area contributed by atoms with Crippen molar-refractivity contribution in [1.29, 1.82) is 0 Å². The molecule has 0 aromatic heterocycles. The van der Waals surface area contributed by atoms with Gasteiger partial charge in [0.2, 0.25) is 21.8 Å². The Hall–Kier alpha value is -3.36. The molecular weight excluding hydrogens is 570 g/mol. The average molecular weight is 612 g/mol. The van der Waals surface area contributed by atoms with E-state index in [9.17, 15) is 18.0 Å². The zero-order valence-corrected chi connectivity index (χ0v) is 26.5. The van der Waals surface area contributed by atoms with Gasteiger partial charge in [-0.05, 0) is 59.7 Å². The molecule has 0 heterocycles. The molecule has 0 spiro atoms. The van der Waals surface area contributed by atoms with Gasteiger partial charge >= 0.3 is 0 Å². The van der Waals surface area contributed by atoms with Gasteiger partial charge in [0.05, 0.1) is 11.9 Å². The van der Waals surface area contributed by atoms with Crippen LogP contribution in [0.3, 0.4) is 0 Å². The van der Waals surface area contributed by atoms with E-state index in [2.05, 4.69) is 5.32 Å². The summed E-state index contributed by atoms with van der Waals surface area (Å²) in [4.78, 5) is 29.1. The number of nitrogens with zero attached hydrogens (tertiary/aromatic N) is 2. The molecule has 9 heteroatoms. The van der Waals surface area contributed by atoms with E-state index in [0.29, 0.717) is 30.1 Å². The Morgan fingerprint density at radius 3 is 2.07 bits per heavy atom. The highest BCUT2D eigenvalue weighted by Crippen LogP contribution is 2.21. The van der Waals surface area contributed by atoms with E-state index in [4.69, 9.17) is 11.6 Å². The van der Waals surface area contributed by atoms with Crippen molar-refractivity contribution in [3.05, 3.63) is 101 Å². The molecule has 0 bridgehead atoms. The molecule has 3 aromatic rings. The van der Waals surface area contributed by atoms with Gasteiger partial charge in [-0.2, -0.15) is 0 Å². The number of rotatable bonds is 15. The van der Waals surface area contributed by atoms with Crippen LogP contribution in [0.5, 0.6) is 0 Å². The van der Waals surface area contributed by atoms with E-state index in [1.165, 1.54) is 10.6 Å². The molecule has 226 valence electrons. The molecule has 0 fully saturated rings. The van der Waals surface area contributed by atoms with Crippen LogP contribution >= 0.6 is 11.6 Å². The van der Waals surface area contributed by atoms with Gasteiger partial charge in [-0.1, -0.05) is 87.0 Å². The van der Waals surface area contributed by atoms with E-state index in [-0.39, 0.29) is 37.2 Å². The molecule has 3 rings (SSSR count). The number of anilines is 1. The molecule has 0 saturated heterocycles. The van der Waals surface area contributed by atoms with Gasteiger partial charge < -0.3 is 10.2 Å². The van der Waals surface area contributed by atoms with Gasteiger partial charge in [0.1, 0.15) is 6.04 Å². The van der Waals surface area contributed by atoms with Crippen LogP contribution < -0.4 is 9.62 Å². The first-order chi connectivity index (χ1) is 20.0. The third kappa shape index (κ3) is 10.2. The van der Waals surface area contributed by atoms with Crippen molar-refractivity contribution in [3.8, 4) is 0 Å². The largest absolute Gasteiger partial charge is 0.354 e. The van der Waals surface area contributed by atoms with Gasteiger partial charge in [0.25, 0.3) is 0 Å². The lowest BCUT2D eigenvalue weighted by Gasteiger charge is -2.32. The van der Waals surface area contributed by atoms with E-state index >= 15 is 0 Å². The minimum Gasteiger partial charge on any atom is -0.354 e. The van der Waals surface area contributed by atoms with E-state index in [0.717, 1.165) is 23.1 Å². The van der Waals surface area contributed by atoms with Crippen molar-refractivity contribution in [3.63, 3.8) is 0 Å². The normalized spacial score (nSPS) is 12.1. The lowest BCUT2D eigenvalue weighted by Crippen LogP contribution is -2.51. The molecule has 2 amide bonds. The highest BCUT2D eigenvalue weighted by atomic mass is 35.5. The first-order valence-corrected chi connectivity index (χ1v) is 16.6. The van der Waals surface area contributed by atoms with Crippen molar-refractivity contribution in [2.45, 2.75) is 59.0 Å². The number of carbonyl (C=O) groups excluding carboxylic acids is 2. The second-order valence-electron chi connectivity index (χ2n) is 11.0. The number of nitrogens with one attached hydrogen (secondary N) is 1. The van der Waals surface area contributed by atoms with Gasteiger partial charge in [-0.3, -0.25) is 13.9 Å². The number of benzene rings is 3. The topological polar surface area (TPSA) is 86.8 Å². The van der Waals surface area contributed by atoms with Crippen LogP contribution in [-0.2, 0) is 39.0 Å². The fraction of sp³-hybridized carbons (Fsp3) is 0.394. The van der Waals surface area contributed by atoms with E-state index in [1.54, 1.807) is 29.2 Å². The zero-order chi connectivity index (χ0) is 30.7. The molecule has 0 unspecified atom stereocenters. The van der Waals surface area contributed by atoms with E-state index in [1.807, 2.05) is 75.4 Å². The highest BCUT2D eigenvalue weighted by molar-refractivity contribution is 7.92. The number of aryl methyl sites for hydroxylation is 1. The number of halogens is 1. The first-order valence-electron chi connectivity index (χ1n) is 14.4. The van der Waals surface area contributed by atoms with Crippen molar-refractivity contribution in [1.82, 2.24) is 10.2 Å². The fourth-order valence-corrected chi connectivity index (χ4v) is 5.76. The summed E-state index contributed by atoms with van der Waals surface area (Å²) in [5.74, 6) is -0.191. The van der Waals surface area contributed by atoms with Crippen LogP contribution in [0.15, 0.2) is 78.9 Å². The predicted octanol–water partition coefficient (Wildman–Crippen LogP) is 5.86. The molecule has 0 aliphatic heterocycles. The summed E-state index contributed by atoms with van der Waals surface area (Å²) in [5, 5.41) is 3.60. The standard InChI is InChI=1S/C33H42ClN3O4S/c1-5-26-15-19-30(20-16-26)37(42(4,40)41)21-9-12-32(38)36(24-28-13-17-29(34)18-14-28)31(33(39)35-23-25(2)3)22-27-10-7-6-8-11-27/h6-8,10-11,13-20,25,31H,5,9,12,21-24H2,1-4H3,(H,35,39)/t31-/m1/s1. The Kier molecular flexibility index (Phi) is 12.4. The molecule has 7 nitrogen and oxygen atoms in total. The number of hydrogen-bond donors (Lipinski definition) is 1. The summed E-state index contributed by atoms with van der Waals surface area (Å²) < 4.78 is 26.7. The lowest BCUT2D eigenvalue weighted by molar-refractivity contribution is -0.141. The zero-order valence-electron chi connectivity index (χ0n) is 24.9. The summed E-state index contributed by atoms with van der Waals surface area (Å²) in [5.41, 5.74) is 3.46. The SMILES string of the molecule is CCc1ccc(N(CCCC(=O)N(Cc2ccc(Cl)cc2)[C@H](Cc2ccccc2)C(=O)NCC(C)C)S(C)(=O)=O)cc1. The minimum atomic E-state index is -3.56. The predicted molar refractivity (Wildman–Crippen MR) is 171 cm³/mol. The van der Waals surface area contributed by atoms with Crippen LogP contribution in [-0.4, -0.2) is 50.5 Å². The van der Waals surface area contributed by atoms with Crippen molar-refractivity contribution >= 4 is 39.1 Å². The summed E-state index contributed by atoms with van der Waals surface area (Å²) in [6.07, 6.45) is 2.75. The number of amides is 2. The minimum absolute atomic E-state index is 0.0788. The summed E-state index contributed by atoms with van der Waals surface area (Å²) in [6.45, 7) is 6.94. The molecule has 0 saturated carbocycles. The number of sulfonamides is 1. The third-order valence-corrected chi connectivity index (χ3v) is 8.45. The molecule has 1 atom stereocenters. The van der Waals surface area contributed by atoms with Crippen molar-refractivity contribution < 1.29 is 18.0 Å². The Morgan fingerprint density at radius 1 is 0.881 bits per heavy atom. The molecule has 42 heavy (non-hydrogen) atoms. The Morgan fingerprint density at radius 2 is 1.50 bits per heavy atom. The smallest absolute Gasteiger partial charge is 0.243 e. The quantitative estimate of drug-likeness (QED) is 0.233. The lowest BCUT2D eigenvalue weighted by atomic mass is 10.0. The van der Waals surface area contributed by atoms with Gasteiger partial charge in [-0.25, -0.2) is 8.42 Å². The molecule has 1 N–H and O–H groups in total. The maximum atomic E-state index is 13.9. The third-order valence-electron chi connectivity index (χ3n) is 7.01. The fourth-order valence-electron chi connectivity index (χ4n) is 4.66. The Labute approximate surface area is 255 Å². The Balaban J connectivity index is 1.86. The van der Waals surface area contributed by atoms with Crippen LogP contribution in [0.4, 0.5) is 5.69 Å². The highest BCUT2D eigenvalue weighted by Gasteiger charge is 2.30. The molecule has 0 aliphatic rings. The maximum Gasteiger partial charge on any atom is 0.243 e. The van der Waals surface area contributed by atoms with Crippen LogP contribution in [0, 0.1) is 5.92 Å². The molecular formula is C33H42ClN3O4S. The summed E-state index contributed by atoms with van der Waals surface area (Å²) in [7, 11) is -3.56. The number of hydrogen-bond acceptors (Lipinski definition) is 4. The average Bonchev–Trinajstić information content (AvgIpc) is 2.96. The van der Waals surface area contributed by atoms with Crippen LogP contribution in [0.1, 0.15) is 50.3 Å². The van der Waals surface area contributed by atoms with Gasteiger partial charge in [-0.15, -0.1) is 0 Å². The van der Waals surface area contributed by atoms with Crippen LogP contribution in [0.2, 0.25) is 5.02 Å². The second-order valence-corrected chi connectivity index (χ2v) is 13.3. The molecule has 3 aromatic carbocycles. The molecule has 0 aliphatic carbocycles. The van der Waals surface area contributed by atoms with Crippen LogP contribution in [0.25, 0.3) is 0 Å². The van der Waals surface area contributed by atoms with Crippen molar-refractivity contribution in [2.24, 2.45) is 5.92 Å². The molecule has 0 radical (unpaired) electrons. The number of carbonyl (C=O) groups is 2. The Bertz CT molecular complexity index is 1400. The maximum absolute atomic E-state index is 13.9. The summed E-state index contributed by atoms with van der Waals surface area (Å²) in [6, 6.07) is 23.5. The first kappa shape index (κ1) is 33.1.